The molecule has 1 N–H and O–H groups in total. The number of halogens is 1. The van der Waals surface area contributed by atoms with E-state index in [1.807, 2.05) is 0 Å². The van der Waals surface area contributed by atoms with Crippen LogP contribution in [0.5, 0.6) is 0 Å². The molecule has 2 bridgehead atoms. The number of ether oxygens (including phenoxy) is 1. The normalized spacial score (nSPS) is 24.1. The molecule has 2 atom stereocenters. The summed E-state index contributed by atoms with van der Waals surface area (Å²) in [6.07, 6.45) is 2.66. The average molecular weight is 375 g/mol. The van der Waals surface area contributed by atoms with Gasteiger partial charge < -0.3 is 10.1 Å². The highest BCUT2D eigenvalue weighted by Crippen LogP contribution is 2.34. The van der Waals surface area contributed by atoms with E-state index in [-0.39, 0.29) is 29.4 Å². The minimum atomic E-state index is -3.56. The minimum Gasteiger partial charge on any atom is -0.465 e. The fourth-order valence-electron chi connectivity index (χ4n) is 3.63. The minimum absolute atomic E-state index is 0. The molecule has 8 heteroatoms. The van der Waals surface area contributed by atoms with E-state index in [1.165, 1.54) is 19.2 Å². The zero-order chi connectivity index (χ0) is 16.6. The van der Waals surface area contributed by atoms with Gasteiger partial charge in [-0.3, -0.25) is 0 Å². The van der Waals surface area contributed by atoms with Gasteiger partial charge in [0.05, 0.1) is 17.6 Å². The molecule has 0 aliphatic carbocycles. The molecule has 0 radical (unpaired) electrons. The second-order valence-electron chi connectivity index (χ2n) is 6.18. The Morgan fingerprint density at radius 1 is 1.25 bits per heavy atom. The summed E-state index contributed by atoms with van der Waals surface area (Å²) >= 11 is 0. The lowest BCUT2D eigenvalue weighted by Gasteiger charge is -2.27. The molecule has 2 saturated heterocycles. The predicted molar refractivity (Wildman–Crippen MR) is 93.1 cm³/mol. The van der Waals surface area contributed by atoms with Gasteiger partial charge in [0.1, 0.15) is 0 Å². The molecule has 2 unspecified atom stereocenters. The molecule has 2 heterocycles. The number of carbonyl (C=O) groups excluding carboxylic acids is 1. The van der Waals surface area contributed by atoms with Crippen molar-refractivity contribution in [1.29, 1.82) is 0 Å². The first-order valence-electron chi connectivity index (χ1n) is 7.88. The summed E-state index contributed by atoms with van der Waals surface area (Å²) in [5.41, 5.74) is 0.939. The van der Waals surface area contributed by atoms with Crippen molar-refractivity contribution in [2.45, 2.75) is 43.2 Å². The smallest absolute Gasteiger partial charge is 0.337 e. The van der Waals surface area contributed by atoms with Gasteiger partial charge in [-0.05, 0) is 56.5 Å². The second-order valence-corrected chi connectivity index (χ2v) is 8.00. The van der Waals surface area contributed by atoms with Gasteiger partial charge in [0.2, 0.25) is 10.0 Å². The first-order valence-corrected chi connectivity index (χ1v) is 9.32. The lowest BCUT2D eigenvalue weighted by Crippen LogP contribution is -2.42. The van der Waals surface area contributed by atoms with Crippen LogP contribution in [0.1, 0.15) is 35.2 Å². The number of aryl methyl sites for hydroxylation is 1. The summed E-state index contributed by atoms with van der Waals surface area (Å²) in [5, 5.41) is 3.31. The third-order valence-corrected chi connectivity index (χ3v) is 6.90. The Morgan fingerprint density at radius 3 is 2.62 bits per heavy atom. The summed E-state index contributed by atoms with van der Waals surface area (Å²) in [5.74, 6) is -0.462. The number of hydrogen-bond donors (Lipinski definition) is 1. The van der Waals surface area contributed by atoms with E-state index in [2.05, 4.69) is 10.1 Å². The molecule has 0 saturated carbocycles. The van der Waals surface area contributed by atoms with Crippen molar-refractivity contribution in [3.63, 3.8) is 0 Å². The average Bonchev–Trinajstić information content (AvgIpc) is 2.79. The highest BCUT2D eigenvalue weighted by molar-refractivity contribution is 7.89. The summed E-state index contributed by atoms with van der Waals surface area (Å²) in [6, 6.07) is 4.71. The summed E-state index contributed by atoms with van der Waals surface area (Å²) in [4.78, 5) is 11.9. The Hall–Kier alpha value is -1.15. The van der Waals surface area contributed by atoms with E-state index in [1.54, 1.807) is 17.3 Å². The molecule has 2 aliphatic heterocycles. The highest BCUT2D eigenvalue weighted by atomic mass is 35.5. The van der Waals surface area contributed by atoms with E-state index in [4.69, 9.17) is 0 Å². The van der Waals surface area contributed by atoms with Crippen molar-refractivity contribution in [2.75, 3.05) is 20.2 Å². The third kappa shape index (κ3) is 3.31. The molecule has 2 fully saturated rings. The number of hydrogen-bond acceptors (Lipinski definition) is 5. The van der Waals surface area contributed by atoms with Gasteiger partial charge in [-0.2, -0.15) is 4.31 Å². The molecule has 0 spiro atoms. The number of methoxy groups -OCH3 is 1. The van der Waals surface area contributed by atoms with E-state index in [9.17, 15) is 13.2 Å². The van der Waals surface area contributed by atoms with Gasteiger partial charge in [-0.25, -0.2) is 13.2 Å². The fourth-order valence-corrected chi connectivity index (χ4v) is 5.74. The van der Waals surface area contributed by atoms with E-state index in [0.717, 1.165) is 25.8 Å². The van der Waals surface area contributed by atoms with Crippen LogP contribution >= 0.6 is 12.4 Å². The van der Waals surface area contributed by atoms with Crippen molar-refractivity contribution in [1.82, 2.24) is 9.62 Å². The maximum absolute atomic E-state index is 13.2. The number of carbonyl (C=O) groups is 1. The van der Waals surface area contributed by atoms with Crippen LogP contribution in [-0.2, 0) is 14.8 Å². The number of benzene rings is 1. The zero-order valence-electron chi connectivity index (χ0n) is 13.8. The lowest BCUT2D eigenvalue weighted by molar-refractivity contribution is 0.0600. The number of sulfonamides is 1. The maximum Gasteiger partial charge on any atom is 0.337 e. The van der Waals surface area contributed by atoms with Gasteiger partial charge >= 0.3 is 5.97 Å². The van der Waals surface area contributed by atoms with Gasteiger partial charge in [-0.1, -0.05) is 0 Å². The predicted octanol–water partition coefficient (Wildman–Crippen LogP) is 1.72. The largest absolute Gasteiger partial charge is 0.465 e. The van der Waals surface area contributed by atoms with E-state index < -0.39 is 16.0 Å². The molecule has 6 nitrogen and oxygen atoms in total. The Morgan fingerprint density at radius 2 is 1.96 bits per heavy atom. The fraction of sp³-hybridized carbons (Fsp3) is 0.562. The molecule has 3 rings (SSSR count). The van der Waals surface area contributed by atoms with Gasteiger partial charge in [0.25, 0.3) is 0 Å². The van der Waals surface area contributed by atoms with E-state index in [0.29, 0.717) is 17.7 Å². The zero-order valence-corrected chi connectivity index (χ0v) is 15.5. The number of fused-ring (bicyclic) bond motifs is 2. The monoisotopic (exact) mass is 374 g/mol. The number of esters is 1. The molecule has 0 amide bonds. The standard InChI is InChI=1S/C16H22N2O4S.ClH/c1-11-9-12(16(19)22-2)3-6-15(11)23(20,21)18-13-4-5-14(18)10-17-8-7-13;/h3,6,9,13-14,17H,4-5,7-8,10H2,1-2H3;1H. The topological polar surface area (TPSA) is 75.7 Å². The highest BCUT2D eigenvalue weighted by Gasteiger charge is 2.43. The van der Waals surface area contributed by atoms with Crippen LogP contribution in [0.15, 0.2) is 23.1 Å². The van der Waals surface area contributed by atoms with Gasteiger partial charge in [0, 0.05) is 18.6 Å². The van der Waals surface area contributed by atoms with Crippen LogP contribution in [0.3, 0.4) is 0 Å². The number of nitrogens with one attached hydrogen (secondary N) is 1. The van der Waals surface area contributed by atoms with Crippen LogP contribution in [0, 0.1) is 6.92 Å². The van der Waals surface area contributed by atoms with Gasteiger partial charge in [0.15, 0.2) is 0 Å². The second kappa shape index (κ2) is 7.39. The van der Waals surface area contributed by atoms with Crippen molar-refractivity contribution < 1.29 is 17.9 Å². The molecular weight excluding hydrogens is 352 g/mol. The molecule has 1 aromatic carbocycles. The third-order valence-electron chi connectivity index (χ3n) is 4.74. The molecule has 24 heavy (non-hydrogen) atoms. The quantitative estimate of drug-likeness (QED) is 0.815. The molecule has 1 aromatic rings. The van der Waals surface area contributed by atoms with Crippen LogP contribution in [0.2, 0.25) is 0 Å². The molecular formula is C16H23ClN2O4S. The Bertz CT molecular complexity index is 709. The first-order chi connectivity index (χ1) is 10.9. The van der Waals surface area contributed by atoms with Crippen molar-refractivity contribution >= 4 is 28.4 Å². The number of rotatable bonds is 3. The Kier molecular flexibility index (Phi) is 5.91. The SMILES string of the molecule is COC(=O)c1ccc(S(=O)(=O)N2C3CCNCC2CC3)c(C)c1.Cl. The Labute approximate surface area is 149 Å². The lowest BCUT2D eigenvalue weighted by atomic mass is 10.1. The Balaban J connectivity index is 0.00000208. The molecule has 134 valence electrons. The summed E-state index contributed by atoms with van der Waals surface area (Å²) in [7, 11) is -2.25. The van der Waals surface area contributed by atoms with Crippen molar-refractivity contribution in [2.24, 2.45) is 0 Å². The van der Waals surface area contributed by atoms with Crippen molar-refractivity contribution in [3.8, 4) is 0 Å². The van der Waals surface area contributed by atoms with E-state index >= 15 is 0 Å². The molecule has 0 aromatic heterocycles. The van der Waals surface area contributed by atoms with Crippen LogP contribution in [0.25, 0.3) is 0 Å². The summed E-state index contributed by atoms with van der Waals surface area (Å²) in [6.45, 7) is 3.28. The first kappa shape index (κ1) is 19.2. The number of nitrogens with zero attached hydrogens (tertiary/aromatic N) is 1. The van der Waals surface area contributed by atoms with Crippen LogP contribution in [-0.4, -0.2) is 51.0 Å². The van der Waals surface area contributed by atoms with Crippen LogP contribution in [0.4, 0.5) is 0 Å². The maximum atomic E-state index is 13.2. The van der Waals surface area contributed by atoms with Gasteiger partial charge in [-0.15, -0.1) is 12.4 Å². The van der Waals surface area contributed by atoms with Crippen LogP contribution < -0.4 is 5.32 Å². The van der Waals surface area contributed by atoms with Crippen molar-refractivity contribution in [3.05, 3.63) is 29.3 Å². The molecule has 2 aliphatic rings. The summed E-state index contributed by atoms with van der Waals surface area (Å²) < 4.78 is 32.7.